The van der Waals surface area contributed by atoms with Gasteiger partial charge in [-0.2, -0.15) is 10.5 Å². The summed E-state index contributed by atoms with van der Waals surface area (Å²) in [7, 11) is 0. The largest absolute Gasteiger partial charge is 0.462 e. The molecule has 2 aromatic carbocycles. The normalized spacial score (nSPS) is 29.3. The second kappa shape index (κ2) is 16.9. The Kier molecular flexibility index (Phi) is 11.6. The lowest BCUT2D eigenvalue weighted by Crippen LogP contribution is -2.37. The minimum absolute atomic E-state index is 0.0476. The quantitative estimate of drug-likeness (QED) is 0.179. The lowest BCUT2D eigenvalue weighted by Gasteiger charge is -2.39. The molecule has 2 aliphatic heterocycles. The predicted molar refractivity (Wildman–Crippen MR) is 216 cm³/mol. The summed E-state index contributed by atoms with van der Waals surface area (Å²) in [5, 5.41) is 18.6. The number of esters is 2. The van der Waals surface area contributed by atoms with E-state index >= 15 is 0 Å². The van der Waals surface area contributed by atoms with E-state index < -0.39 is 0 Å². The van der Waals surface area contributed by atoms with E-state index in [1.807, 2.05) is 85.2 Å². The van der Waals surface area contributed by atoms with Crippen molar-refractivity contribution in [2.75, 3.05) is 0 Å². The molecular formula is C48H48N4O4. The van der Waals surface area contributed by atoms with Crippen LogP contribution in [0.3, 0.4) is 0 Å². The van der Waals surface area contributed by atoms with Gasteiger partial charge in [-0.05, 0) is 84.8 Å². The monoisotopic (exact) mass is 744 g/mol. The molecule has 0 spiro atoms. The van der Waals surface area contributed by atoms with E-state index in [0.717, 1.165) is 46.5 Å². The van der Waals surface area contributed by atoms with Crippen LogP contribution in [-0.4, -0.2) is 34.1 Å². The molecule has 0 amide bonds. The fourth-order valence-corrected chi connectivity index (χ4v) is 9.22. The number of aromatic nitrogens is 2. The number of hydrogen-bond acceptors (Lipinski definition) is 8. The Bertz CT molecular complexity index is 2040. The molecule has 0 bridgehead atoms. The first-order chi connectivity index (χ1) is 27.1. The number of ether oxygens (including phenoxy) is 2. The van der Waals surface area contributed by atoms with Crippen LogP contribution in [0, 0.1) is 70.0 Å². The van der Waals surface area contributed by atoms with E-state index in [2.05, 4.69) is 74.1 Å². The van der Waals surface area contributed by atoms with E-state index in [1.54, 1.807) is 0 Å². The molecule has 8 rings (SSSR count). The molecule has 2 aromatic heterocycles. The van der Waals surface area contributed by atoms with Crippen molar-refractivity contribution in [3.63, 3.8) is 0 Å². The van der Waals surface area contributed by atoms with Gasteiger partial charge in [0.05, 0.1) is 47.5 Å². The summed E-state index contributed by atoms with van der Waals surface area (Å²) in [4.78, 5) is 32.5. The average Bonchev–Trinajstić information content (AvgIpc) is 3.81. The number of rotatable bonds is 6. The molecule has 4 aromatic rings. The number of nitriles is 2. The Morgan fingerprint density at radius 2 is 1.00 bits per heavy atom. The van der Waals surface area contributed by atoms with Gasteiger partial charge in [0.15, 0.2) is 0 Å². The molecule has 4 fully saturated rings. The topological polar surface area (TPSA) is 126 Å². The second-order valence-corrected chi connectivity index (χ2v) is 16.0. The van der Waals surface area contributed by atoms with Crippen LogP contribution in [0.5, 0.6) is 0 Å². The first-order valence-electron chi connectivity index (χ1n) is 19.8. The molecular weight excluding hydrogens is 697 g/mol. The maximum Gasteiger partial charge on any atom is 0.306 e. The van der Waals surface area contributed by atoms with Crippen molar-refractivity contribution in [3.8, 4) is 34.4 Å². The zero-order chi connectivity index (χ0) is 39.3. The van der Waals surface area contributed by atoms with Crippen LogP contribution in [0.1, 0.15) is 75.9 Å². The first kappa shape index (κ1) is 38.4. The van der Waals surface area contributed by atoms with Gasteiger partial charge in [-0.1, -0.05) is 88.4 Å². The number of carbonyl (C=O) groups excluding carboxylic acids is 2. The van der Waals surface area contributed by atoms with Crippen LogP contribution in [0.15, 0.2) is 97.3 Å². The van der Waals surface area contributed by atoms with Crippen molar-refractivity contribution in [2.45, 2.75) is 65.6 Å². The molecule has 4 heterocycles. The fraction of sp³-hybridized carbons (Fsp3) is 0.375. The van der Waals surface area contributed by atoms with Crippen molar-refractivity contribution in [1.82, 2.24) is 9.97 Å². The molecule has 284 valence electrons. The molecule has 0 unspecified atom stereocenters. The smallest absolute Gasteiger partial charge is 0.306 e. The molecule has 8 heteroatoms. The second-order valence-electron chi connectivity index (χ2n) is 16.0. The number of allylic oxidation sites excluding steroid dienone is 2. The average molecular weight is 745 g/mol. The highest BCUT2D eigenvalue weighted by atomic mass is 16.6. The summed E-state index contributed by atoms with van der Waals surface area (Å²) in [5.41, 5.74) is 6.77. The summed E-state index contributed by atoms with van der Waals surface area (Å²) in [6, 6.07) is 27.5. The molecule has 8 nitrogen and oxygen atoms in total. The highest BCUT2D eigenvalue weighted by molar-refractivity contribution is 5.73. The van der Waals surface area contributed by atoms with Crippen molar-refractivity contribution >= 4 is 24.1 Å². The standard InChI is InChI=1S/2C24H24N2O2/c2*1-15-16(2)22-12-24(27)28-23(22)11-17(15)7-9-20-10-8-19(14-26-20)21-6-4-3-5-18(21)13-25/h2*3-10,14-17,22-23H,11-12H2,1-2H3/b2*9-7+/t15-,16-,17-,22+,23+;15-,16-,17-,22+,23-/m11/s1. The molecule has 4 aliphatic rings. The van der Waals surface area contributed by atoms with Gasteiger partial charge in [-0.15, -0.1) is 0 Å². The van der Waals surface area contributed by atoms with Gasteiger partial charge in [0.2, 0.25) is 0 Å². The summed E-state index contributed by atoms with van der Waals surface area (Å²) in [6.07, 6.45) is 15.2. The van der Waals surface area contributed by atoms with Crippen molar-refractivity contribution < 1.29 is 19.1 Å². The molecule has 2 saturated carbocycles. The van der Waals surface area contributed by atoms with Crippen LogP contribution >= 0.6 is 0 Å². The highest BCUT2D eigenvalue weighted by Crippen LogP contribution is 2.46. The number of nitrogens with zero attached hydrogens (tertiary/aromatic N) is 4. The fourth-order valence-electron chi connectivity index (χ4n) is 9.22. The van der Waals surface area contributed by atoms with Crippen LogP contribution < -0.4 is 0 Å². The van der Waals surface area contributed by atoms with Gasteiger partial charge >= 0.3 is 11.9 Å². The highest BCUT2D eigenvalue weighted by Gasteiger charge is 2.47. The predicted octanol–water partition coefficient (Wildman–Crippen LogP) is 9.71. The minimum atomic E-state index is -0.0476. The Morgan fingerprint density at radius 1 is 0.589 bits per heavy atom. The third kappa shape index (κ3) is 8.21. The van der Waals surface area contributed by atoms with E-state index in [0.29, 0.717) is 71.3 Å². The van der Waals surface area contributed by atoms with E-state index in [9.17, 15) is 20.1 Å². The number of fused-ring (bicyclic) bond motifs is 2. The maximum absolute atomic E-state index is 11.7. The third-order valence-corrected chi connectivity index (χ3v) is 13.0. The third-order valence-electron chi connectivity index (χ3n) is 13.0. The Morgan fingerprint density at radius 3 is 1.38 bits per heavy atom. The zero-order valence-electron chi connectivity index (χ0n) is 32.4. The molecule has 0 N–H and O–H groups in total. The Labute approximate surface area is 329 Å². The van der Waals surface area contributed by atoms with E-state index in [1.165, 1.54) is 0 Å². The van der Waals surface area contributed by atoms with E-state index in [-0.39, 0.29) is 24.1 Å². The van der Waals surface area contributed by atoms with Gasteiger partial charge in [-0.3, -0.25) is 19.6 Å². The van der Waals surface area contributed by atoms with Gasteiger partial charge in [0, 0.05) is 46.5 Å². The summed E-state index contributed by atoms with van der Waals surface area (Å²) in [6.45, 7) is 9.02. The van der Waals surface area contributed by atoms with Crippen LogP contribution in [0.25, 0.3) is 34.4 Å². The van der Waals surface area contributed by atoms with Gasteiger partial charge in [0.25, 0.3) is 0 Å². The van der Waals surface area contributed by atoms with Crippen molar-refractivity contribution in [3.05, 3.63) is 120 Å². The first-order valence-corrected chi connectivity index (χ1v) is 19.8. The number of pyridine rings is 2. The maximum atomic E-state index is 11.7. The molecule has 56 heavy (non-hydrogen) atoms. The minimum Gasteiger partial charge on any atom is -0.462 e. The summed E-state index contributed by atoms with van der Waals surface area (Å²) >= 11 is 0. The summed E-state index contributed by atoms with van der Waals surface area (Å²) < 4.78 is 11.1. The van der Waals surface area contributed by atoms with Crippen molar-refractivity contribution in [1.29, 1.82) is 10.5 Å². The van der Waals surface area contributed by atoms with Crippen LogP contribution in [0.4, 0.5) is 0 Å². The van der Waals surface area contributed by atoms with Crippen molar-refractivity contribution in [2.24, 2.45) is 47.3 Å². The molecule has 10 atom stereocenters. The van der Waals surface area contributed by atoms with Crippen LogP contribution in [0.2, 0.25) is 0 Å². The van der Waals surface area contributed by atoms with Gasteiger partial charge in [-0.25, -0.2) is 0 Å². The van der Waals surface area contributed by atoms with E-state index in [4.69, 9.17) is 9.47 Å². The van der Waals surface area contributed by atoms with Crippen LogP contribution in [-0.2, 0) is 19.1 Å². The summed E-state index contributed by atoms with van der Waals surface area (Å²) in [5.74, 6) is 3.35. The zero-order valence-corrected chi connectivity index (χ0v) is 32.4. The number of hydrogen-bond donors (Lipinski definition) is 0. The number of benzene rings is 2. The van der Waals surface area contributed by atoms with Gasteiger partial charge < -0.3 is 9.47 Å². The molecule has 0 radical (unpaired) electrons. The molecule has 2 aliphatic carbocycles. The lowest BCUT2D eigenvalue weighted by atomic mass is 9.66. The van der Waals surface area contributed by atoms with Gasteiger partial charge in [0.1, 0.15) is 12.2 Å². The Hall–Kier alpha value is -5.86. The molecule has 2 saturated heterocycles. The lowest BCUT2D eigenvalue weighted by molar-refractivity contribution is -0.143. The SMILES string of the molecule is C[C@@H]1[C@@H](C)[C@H](/C=C/c2ccc(-c3ccccc3C#N)cn2)C[C@@H]2OC(=O)C[C@@H]12.C[C@@H]1[C@@H](C)[C@H](/C=C/c2ccc(-c3ccccc3C#N)cn2)C[C@H]2OC(=O)C[C@@H]12. The number of carbonyl (C=O) groups is 2. The Balaban J connectivity index is 0.000000172.